The minimum absolute atomic E-state index is 0.232. The van der Waals surface area contributed by atoms with Gasteiger partial charge < -0.3 is 11.1 Å². The number of amides is 1. The second-order valence-corrected chi connectivity index (χ2v) is 4.68. The first kappa shape index (κ1) is 13.0. The fourth-order valence-electron chi connectivity index (χ4n) is 2.15. The Bertz CT molecular complexity index is 783. The number of aromatic amines is 1. The molecule has 0 saturated carbocycles. The molecule has 0 bridgehead atoms. The van der Waals surface area contributed by atoms with Crippen LogP contribution in [0, 0.1) is 0 Å². The van der Waals surface area contributed by atoms with E-state index in [4.69, 9.17) is 5.73 Å². The third-order valence-electron chi connectivity index (χ3n) is 3.17. The standard InChI is InChI=1S/C14H14N6O/c1-8(13-16-7-17-20-13)18-14(21)10-6-12(15)19-11-5-3-2-4-9(10)11/h2-8H,1H3,(H2,15,19)(H,18,21)(H,16,17,20). The van der Waals surface area contributed by atoms with E-state index in [9.17, 15) is 4.79 Å². The van der Waals surface area contributed by atoms with Gasteiger partial charge in [-0.25, -0.2) is 9.97 Å². The lowest BCUT2D eigenvalue weighted by Crippen LogP contribution is -2.27. The van der Waals surface area contributed by atoms with E-state index < -0.39 is 0 Å². The lowest BCUT2D eigenvalue weighted by atomic mass is 10.1. The largest absolute Gasteiger partial charge is 0.384 e. The van der Waals surface area contributed by atoms with Crippen LogP contribution in [0.5, 0.6) is 0 Å². The number of para-hydroxylation sites is 1. The van der Waals surface area contributed by atoms with Crippen molar-refractivity contribution in [3.8, 4) is 0 Å². The van der Waals surface area contributed by atoms with Crippen molar-refractivity contribution >= 4 is 22.6 Å². The summed E-state index contributed by atoms with van der Waals surface area (Å²) in [6.07, 6.45) is 1.40. The summed E-state index contributed by atoms with van der Waals surface area (Å²) in [7, 11) is 0. The highest BCUT2D eigenvalue weighted by molar-refractivity contribution is 6.06. The van der Waals surface area contributed by atoms with Crippen LogP contribution in [-0.2, 0) is 0 Å². The van der Waals surface area contributed by atoms with Crippen LogP contribution in [0.1, 0.15) is 29.1 Å². The first-order valence-electron chi connectivity index (χ1n) is 6.46. The Morgan fingerprint density at radius 3 is 2.95 bits per heavy atom. The van der Waals surface area contributed by atoms with Crippen LogP contribution in [-0.4, -0.2) is 26.1 Å². The molecule has 0 saturated heterocycles. The van der Waals surface area contributed by atoms with Crippen LogP contribution in [0.4, 0.5) is 5.82 Å². The molecular formula is C14H14N6O. The highest BCUT2D eigenvalue weighted by Crippen LogP contribution is 2.20. The van der Waals surface area contributed by atoms with E-state index in [0.717, 1.165) is 5.39 Å². The van der Waals surface area contributed by atoms with Gasteiger partial charge in [0.2, 0.25) is 0 Å². The maximum Gasteiger partial charge on any atom is 0.252 e. The predicted octanol–water partition coefficient (Wildman–Crippen LogP) is 1.43. The molecule has 106 valence electrons. The molecule has 7 nitrogen and oxygen atoms in total. The highest BCUT2D eigenvalue weighted by Gasteiger charge is 2.16. The zero-order chi connectivity index (χ0) is 14.8. The predicted molar refractivity (Wildman–Crippen MR) is 78.4 cm³/mol. The minimum Gasteiger partial charge on any atom is -0.384 e. The molecule has 0 aliphatic rings. The summed E-state index contributed by atoms with van der Waals surface area (Å²) in [4.78, 5) is 20.7. The van der Waals surface area contributed by atoms with Gasteiger partial charge in [0.1, 0.15) is 18.0 Å². The van der Waals surface area contributed by atoms with E-state index in [0.29, 0.717) is 22.7 Å². The molecule has 0 aliphatic heterocycles. The molecule has 7 heteroatoms. The molecule has 3 aromatic rings. The molecule has 2 heterocycles. The van der Waals surface area contributed by atoms with Crippen molar-refractivity contribution in [2.45, 2.75) is 13.0 Å². The monoisotopic (exact) mass is 282 g/mol. The van der Waals surface area contributed by atoms with Gasteiger partial charge in [0.25, 0.3) is 5.91 Å². The Balaban J connectivity index is 1.94. The molecule has 0 spiro atoms. The van der Waals surface area contributed by atoms with Crippen LogP contribution in [0.3, 0.4) is 0 Å². The zero-order valence-electron chi connectivity index (χ0n) is 11.4. The number of rotatable bonds is 3. The van der Waals surface area contributed by atoms with Crippen LogP contribution < -0.4 is 11.1 Å². The average molecular weight is 282 g/mol. The van der Waals surface area contributed by atoms with Crippen molar-refractivity contribution in [3.63, 3.8) is 0 Å². The molecule has 1 aromatic carbocycles. The van der Waals surface area contributed by atoms with E-state index in [2.05, 4.69) is 25.5 Å². The van der Waals surface area contributed by atoms with Gasteiger partial charge in [-0.1, -0.05) is 18.2 Å². The fraction of sp³-hybridized carbons (Fsp3) is 0.143. The number of fused-ring (bicyclic) bond motifs is 1. The molecule has 4 N–H and O–H groups in total. The molecule has 2 aromatic heterocycles. The number of nitrogen functional groups attached to an aromatic ring is 1. The number of anilines is 1. The Kier molecular flexibility index (Phi) is 3.23. The summed E-state index contributed by atoms with van der Waals surface area (Å²) in [6, 6.07) is 8.67. The van der Waals surface area contributed by atoms with Crippen LogP contribution >= 0.6 is 0 Å². The van der Waals surface area contributed by atoms with Crippen LogP contribution in [0.2, 0.25) is 0 Å². The highest BCUT2D eigenvalue weighted by atomic mass is 16.1. The van der Waals surface area contributed by atoms with Gasteiger partial charge in [0.15, 0.2) is 0 Å². The Labute approximate surface area is 120 Å². The van der Waals surface area contributed by atoms with Gasteiger partial charge in [-0.15, -0.1) is 0 Å². The van der Waals surface area contributed by atoms with E-state index in [-0.39, 0.29) is 11.9 Å². The van der Waals surface area contributed by atoms with Crippen molar-refractivity contribution < 1.29 is 4.79 Å². The summed E-state index contributed by atoms with van der Waals surface area (Å²) in [5.41, 5.74) is 6.95. The molecule has 3 rings (SSSR count). The zero-order valence-corrected chi connectivity index (χ0v) is 11.4. The van der Waals surface area contributed by atoms with Crippen molar-refractivity contribution in [1.82, 2.24) is 25.5 Å². The van der Waals surface area contributed by atoms with E-state index in [1.54, 1.807) is 6.07 Å². The molecular weight excluding hydrogens is 268 g/mol. The smallest absolute Gasteiger partial charge is 0.252 e. The number of hydrogen-bond acceptors (Lipinski definition) is 5. The van der Waals surface area contributed by atoms with E-state index in [1.807, 2.05) is 31.2 Å². The van der Waals surface area contributed by atoms with Crippen molar-refractivity contribution in [3.05, 3.63) is 48.0 Å². The number of pyridine rings is 1. The SMILES string of the molecule is CC(NC(=O)c1cc(N)nc2ccccc12)c1ncn[nH]1. The number of nitrogens with zero attached hydrogens (tertiary/aromatic N) is 3. The topological polar surface area (TPSA) is 110 Å². The number of aromatic nitrogens is 4. The number of carbonyl (C=O) groups excluding carboxylic acids is 1. The number of hydrogen-bond donors (Lipinski definition) is 3. The third kappa shape index (κ3) is 2.53. The number of benzene rings is 1. The van der Waals surface area contributed by atoms with E-state index >= 15 is 0 Å². The summed E-state index contributed by atoms with van der Waals surface area (Å²) in [5.74, 6) is 0.671. The van der Waals surface area contributed by atoms with Gasteiger partial charge in [-0.05, 0) is 19.1 Å². The van der Waals surface area contributed by atoms with Crippen molar-refractivity contribution in [1.29, 1.82) is 0 Å². The fourth-order valence-corrected chi connectivity index (χ4v) is 2.15. The number of nitrogens with two attached hydrogens (primary N) is 1. The summed E-state index contributed by atoms with van der Waals surface area (Å²) in [5, 5.41) is 10.1. The molecule has 0 fully saturated rings. The number of nitrogens with one attached hydrogen (secondary N) is 2. The maximum atomic E-state index is 12.5. The lowest BCUT2D eigenvalue weighted by molar-refractivity contribution is 0.0940. The quantitative estimate of drug-likeness (QED) is 0.673. The van der Waals surface area contributed by atoms with Crippen molar-refractivity contribution in [2.24, 2.45) is 0 Å². The normalized spacial score (nSPS) is 12.2. The second kappa shape index (κ2) is 5.20. The molecule has 1 atom stereocenters. The summed E-state index contributed by atoms with van der Waals surface area (Å²) >= 11 is 0. The van der Waals surface area contributed by atoms with Crippen LogP contribution in [0.15, 0.2) is 36.7 Å². The second-order valence-electron chi connectivity index (χ2n) is 4.68. The average Bonchev–Trinajstić information content (AvgIpc) is 3.00. The minimum atomic E-state index is -0.284. The van der Waals surface area contributed by atoms with Gasteiger partial charge in [-0.3, -0.25) is 9.89 Å². The molecule has 1 amide bonds. The lowest BCUT2D eigenvalue weighted by Gasteiger charge is -2.12. The van der Waals surface area contributed by atoms with Gasteiger partial charge in [0, 0.05) is 5.39 Å². The third-order valence-corrected chi connectivity index (χ3v) is 3.17. The molecule has 0 radical (unpaired) electrons. The number of carbonyl (C=O) groups is 1. The van der Waals surface area contributed by atoms with Gasteiger partial charge in [-0.2, -0.15) is 5.10 Å². The van der Waals surface area contributed by atoms with E-state index in [1.165, 1.54) is 6.33 Å². The Morgan fingerprint density at radius 1 is 1.38 bits per heavy atom. The Hall–Kier alpha value is -2.96. The number of H-pyrrole nitrogens is 1. The van der Waals surface area contributed by atoms with Crippen molar-refractivity contribution in [2.75, 3.05) is 5.73 Å². The first-order chi connectivity index (χ1) is 10.1. The molecule has 1 unspecified atom stereocenters. The van der Waals surface area contributed by atoms with Crippen LogP contribution in [0.25, 0.3) is 10.9 Å². The summed E-state index contributed by atoms with van der Waals surface area (Å²) < 4.78 is 0. The van der Waals surface area contributed by atoms with Gasteiger partial charge in [0.05, 0.1) is 17.1 Å². The molecule has 0 aliphatic carbocycles. The summed E-state index contributed by atoms with van der Waals surface area (Å²) in [6.45, 7) is 1.82. The maximum absolute atomic E-state index is 12.5. The molecule has 21 heavy (non-hydrogen) atoms. The first-order valence-corrected chi connectivity index (χ1v) is 6.46. The van der Waals surface area contributed by atoms with Gasteiger partial charge >= 0.3 is 0 Å². The Morgan fingerprint density at radius 2 is 2.19 bits per heavy atom.